The average Bonchev–Trinajstić information content (AvgIpc) is 3.42. The zero-order valence-corrected chi connectivity index (χ0v) is 18.1. The molecule has 4 aromatic rings. The van der Waals surface area contributed by atoms with Gasteiger partial charge in [0.05, 0.1) is 12.1 Å². The second-order valence-corrected chi connectivity index (χ2v) is 7.55. The quantitative estimate of drug-likeness (QED) is 0.481. The molecule has 166 valence electrons. The lowest BCUT2D eigenvalue weighted by Crippen LogP contribution is -2.14. The molecule has 1 aliphatic heterocycles. The summed E-state index contributed by atoms with van der Waals surface area (Å²) in [5.74, 6) is 2.84. The normalized spacial score (nSPS) is 11.9. The van der Waals surface area contributed by atoms with E-state index in [1.807, 2.05) is 42.7 Å². The summed E-state index contributed by atoms with van der Waals surface area (Å²) in [6.07, 6.45) is 1.95. The molecule has 33 heavy (non-hydrogen) atoms. The van der Waals surface area contributed by atoms with Crippen molar-refractivity contribution in [1.82, 2.24) is 19.7 Å². The standard InChI is InChI=1S/C24H21N5O4/c1-15-16(2)29(13-25-15)22-9-10-24(28-27-22)33-19-6-4-18(5-7-19)26-23(30)12-17-3-8-20-21(11-17)32-14-31-20/h3-11,13H,12,14H2,1-2H3,(H,26,30). The number of ether oxygens (including phenoxy) is 3. The Kier molecular flexibility index (Phi) is 5.35. The molecule has 3 heterocycles. The molecular weight excluding hydrogens is 422 g/mol. The third-order valence-electron chi connectivity index (χ3n) is 5.29. The van der Waals surface area contributed by atoms with Crippen LogP contribution in [-0.2, 0) is 11.2 Å². The Morgan fingerprint density at radius 1 is 1.03 bits per heavy atom. The molecule has 1 amide bonds. The largest absolute Gasteiger partial charge is 0.454 e. The number of anilines is 1. The van der Waals surface area contributed by atoms with Gasteiger partial charge in [0, 0.05) is 17.4 Å². The number of carbonyl (C=O) groups is 1. The Bertz CT molecular complexity index is 1300. The van der Waals surface area contributed by atoms with Crippen LogP contribution in [0.5, 0.6) is 23.1 Å². The zero-order valence-electron chi connectivity index (χ0n) is 18.1. The van der Waals surface area contributed by atoms with Crippen molar-refractivity contribution < 1.29 is 19.0 Å². The van der Waals surface area contributed by atoms with Gasteiger partial charge in [-0.1, -0.05) is 6.07 Å². The minimum absolute atomic E-state index is 0.131. The van der Waals surface area contributed by atoms with Crippen LogP contribution >= 0.6 is 0 Å². The van der Waals surface area contributed by atoms with Crippen molar-refractivity contribution in [2.75, 3.05) is 12.1 Å². The van der Waals surface area contributed by atoms with Crippen molar-refractivity contribution in [2.45, 2.75) is 20.3 Å². The SMILES string of the molecule is Cc1ncn(-c2ccc(Oc3ccc(NC(=O)Cc4ccc5c(c4)OCO5)cc3)nn2)c1C. The van der Waals surface area contributed by atoms with E-state index in [4.69, 9.17) is 14.2 Å². The molecule has 0 aliphatic carbocycles. The average molecular weight is 443 g/mol. The number of nitrogens with zero attached hydrogens (tertiary/aromatic N) is 4. The van der Waals surface area contributed by atoms with Crippen LogP contribution in [0.2, 0.25) is 0 Å². The number of benzene rings is 2. The maximum atomic E-state index is 12.4. The summed E-state index contributed by atoms with van der Waals surface area (Å²) in [5.41, 5.74) is 3.47. The van der Waals surface area contributed by atoms with Crippen LogP contribution in [0.15, 0.2) is 60.9 Å². The lowest BCUT2D eigenvalue weighted by molar-refractivity contribution is -0.115. The minimum atomic E-state index is -0.131. The predicted octanol–water partition coefficient (Wildman–Crippen LogP) is 3.98. The zero-order chi connectivity index (χ0) is 22.8. The molecular formula is C24H21N5O4. The third-order valence-corrected chi connectivity index (χ3v) is 5.29. The Morgan fingerprint density at radius 3 is 2.58 bits per heavy atom. The van der Waals surface area contributed by atoms with Crippen molar-refractivity contribution in [1.29, 1.82) is 0 Å². The van der Waals surface area contributed by atoms with Gasteiger partial charge < -0.3 is 19.5 Å². The minimum Gasteiger partial charge on any atom is -0.454 e. The van der Waals surface area contributed by atoms with Crippen LogP contribution in [0.1, 0.15) is 17.0 Å². The van der Waals surface area contributed by atoms with Gasteiger partial charge in [0.1, 0.15) is 12.1 Å². The Balaban J connectivity index is 1.18. The van der Waals surface area contributed by atoms with Gasteiger partial charge in [0.2, 0.25) is 18.6 Å². The topological polar surface area (TPSA) is 100 Å². The fourth-order valence-corrected chi connectivity index (χ4v) is 3.39. The predicted molar refractivity (Wildman–Crippen MR) is 120 cm³/mol. The molecule has 9 nitrogen and oxygen atoms in total. The first-order valence-electron chi connectivity index (χ1n) is 10.4. The highest BCUT2D eigenvalue weighted by molar-refractivity contribution is 5.92. The van der Waals surface area contributed by atoms with Crippen molar-refractivity contribution in [2.24, 2.45) is 0 Å². The van der Waals surface area contributed by atoms with E-state index in [0.29, 0.717) is 34.6 Å². The van der Waals surface area contributed by atoms with E-state index < -0.39 is 0 Å². The summed E-state index contributed by atoms with van der Waals surface area (Å²) in [5, 5.41) is 11.2. The molecule has 1 aliphatic rings. The van der Waals surface area contributed by atoms with Crippen LogP contribution in [0, 0.1) is 13.8 Å². The Morgan fingerprint density at radius 2 is 1.85 bits per heavy atom. The summed E-state index contributed by atoms with van der Waals surface area (Å²) in [7, 11) is 0. The van der Waals surface area contributed by atoms with Crippen LogP contribution in [0.25, 0.3) is 5.82 Å². The maximum Gasteiger partial charge on any atom is 0.238 e. The smallest absolute Gasteiger partial charge is 0.238 e. The monoisotopic (exact) mass is 443 g/mol. The van der Waals surface area contributed by atoms with E-state index in [0.717, 1.165) is 17.0 Å². The van der Waals surface area contributed by atoms with Gasteiger partial charge in [-0.3, -0.25) is 9.36 Å². The molecule has 9 heteroatoms. The number of hydrogen-bond acceptors (Lipinski definition) is 7. The number of carbonyl (C=O) groups excluding carboxylic acids is 1. The summed E-state index contributed by atoms with van der Waals surface area (Å²) >= 11 is 0. The molecule has 0 radical (unpaired) electrons. The van der Waals surface area contributed by atoms with Gasteiger partial charge in [-0.2, -0.15) is 0 Å². The second kappa shape index (κ2) is 8.62. The molecule has 0 spiro atoms. The molecule has 0 atom stereocenters. The van der Waals surface area contributed by atoms with Gasteiger partial charge in [-0.25, -0.2) is 4.98 Å². The van der Waals surface area contributed by atoms with Crippen molar-refractivity contribution in [3.05, 3.63) is 77.9 Å². The summed E-state index contributed by atoms with van der Waals surface area (Å²) in [4.78, 5) is 16.7. The molecule has 2 aromatic carbocycles. The highest BCUT2D eigenvalue weighted by Gasteiger charge is 2.14. The number of imidazole rings is 1. The molecule has 0 bridgehead atoms. The number of amides is 1. The highest BCUT2D eigenvalue weighted by Crippen LogP contribution is 2.32. The molecule has 2 aromatic heterocycles. The molecule has 0 fully saturated rings. The summed E-state index contributed by atoms with van der Waals surface area (Å²) in [6, 6.07) is 16.1. The number of hydrogen-bond donors (Lipinski definition) is 1. The van der Waals surface area contributed by atoms with Crippen molar-refractivity contribution >= 4 is 11.6 Å². The molecule has 0 saturated carbocycles. The van der Waals surface area contributed by atoms with Gasteiger partial charge in [-0.05, 0) is 61.9 Å². The molecule has 1 N–H and O–H groups in total. The highest BCUT2D eigenvalue weighted by atomic mass is 16.7. The summed E-state index contributed by atoms with van der Waals surface area (Å²) in [6.45, 7) is 4.13. The molecule has 0 saturated heterocycles. The Labute approximate surface area is 190 Å². The van der Waals surface area contributed by atoms with Crippen LogP contribution in [-0.4, -0.2) is 32.4 Å². The fraction of sp³-hybridized carbons (Fsp3) is 0.167. The van der Waals surface area contributed by atoms with E-state index in [-0.39, 0.29) is 19.1 Å². The number of aromatic nitrogens is 4. The van der Waals surface area contributed by atoms with Gasteiger partial charge >= 0.3 is 0 Å². The van der Waals surface area contributed by atoms with E-state index in [2.05, 4.69) is 20.5 Å². The lowest BCUT2D eigenvalue weighted by Gasteiger charge is -2.09. The van der Waals surface area contributed by atoms with Crippen molar-refractivity contribution in [3.8, 4) is 28.9 Å². The first kappa shape index (κ1) is 20.5. The lowest BCUT2D eigenvalue weighted by atomic mass is 10.1. The summed E-state index contributed by atoms with van der Waals surface area (Å²) < 4.78 is 18.3. The van der Waals surface area contributed by atoms with Gasteiger partial charge in [-0.15, -0.1) is 10.2 Å². The molecule has 0 unspecified atom stereocenters. The van der Waals surface area contributed by atoms with Crippen LogP contribution < -0.4 is 19.5 Å². The Hall–Kier alpha value is -4.40. The van der Waals surface area contributed by atoms with Gasteiger partial charge in [0.25, 0.3) is 0 Å². The first-order valence-corrected chi connectivity index (χ1v) is 10.4. The van der Waals surface area contributed by atoms with E-state index >= 15 is 0 Å². The maximum absolute atomic E-state index is 12.4. The van der Waals surface area contributed by atoms with Crippen LogP contribution in [0.4, 0.5) is 5.69 Å². The second-order valence-electron chi connectivity index (χ2n) is 7.55. The van der Waals surface area contributed by atoms with Crippen molar-refractivity contribution in [3.63, 3.8) is 0 Å². The van der Waals surface area contributed by atoms with Gasteiger partial charge in [0.15, 0.2) is 17.3 Å². The molecule has 5 rings (SSSR count). The van der Waals surface area contributed by atoms with E-state index in [9.17, 15) is 4.79 Å². The van der Waals surface area contributed by atoms with E-state index in [1.165, 1.54) is 0 Å². The number of nitrogens with one attached hydrogen (secondary N) is 1. The number of aryl methyl sites for hydroxylation is 1. The number of rotatable bonds is 6. The third kappa shape index (κ3) is 4.47. The number of fused-ring (bicyclic) bond motifs is 1. The van der Waals surface area contributed by atoms with E-state index in [1.54, 1.807) is 36.7 Å². The first-order chi connectivity index (χ1) is 16.0. The van der Waals surface area contributed by atoms with Crippen LogP contribution in [0.3, 0.4) is 0 Å². The fourth-order valence-electron chi connectivity index (χ4n) is 3.39.